The molecule has 1 aliphatic heterocycles. The van der Waals surface area contributed by atoms with E-state index >= 15 is 0 Å². The molecule has 0 saturated carbocycles. The molecule has 5 nitrogen and oxygen atoms in total. The van der Waals surface area contributed by atoms with Gasteiger partial charge in [-0.1, -0.05) is 6.07 Å². The van der Waals surface area contributed by atoms with Crippen molar-refractivity contribution in [3.8, 4) is 11.5 Å². The van der Waals surface area contributed by atoms with E-state index in [-0.39, 0.29) is 6.79 Å². The Morgan fingerprint density at radius 3 is 2.78 bits per heavy atom. The molecule has 18 heavy (non-hydrogen) atoms. The summed E-state index contributed by atoms with van der Waals surface area (Å²) in [6.45, 7) is 3.37. The zero-order valence-electron chi connectivity index (χ0n) is 10.6. The molecular weight excluding hydrogens is 236 g/mol. The van der Waals surface area contributed by atoms with Gasteiger partial charge in [0.05, 0.1) is 18.6 Å². The number of fused-ring (bicyclic) bond motifs is 1. The Kier molecular flexibility index (Phi) is 3.17. The van der Waals surface area contributed by atoms with Crippen LogP contribution in [-0.4, -0.2) is 25.0 Å². The first-order chi connectivity index (χ1) is 8.46. The zero-order chi connectivity index (χ0) is 13.3. The third kappa shape index (κ3) is 2.01. The fraction of sp³-hybridized carbons (Fsp3) is 0.462. The van der Waals surface area contributed by atoms with Crippen molar-refractivity contribution in [2.24, 2.45) is 5.92 Å². The molecule has 2 atom stereocenters. The van der Waals surface area contributed by atoms with Crippen molar-refractivity contribution >= 4 is 5.97 Å². The van der Waals surface area contributed by atoms with Gasteiger partial charge >= 0.3 is 5.97 Å². The summed E-state index contributed by atoms with van der Waals surface area (Å²) >= 11 is 0. The Morgan fingerprint density at radius 2 is 2.11 bits per heavy atom. The van der Waals surface area contributed by atoms with Crippen LogP contribution in [0.4, 0.5) is 0 Å². The molecule has 0 amide bonds. The van der Waals surface area contributed by atoms with Gasteiger partial charge in [0.2, 0.25) is 6.79 Å². The number of hydrogen-bond donors (Lipinski definition) is 1. The fourth-order valence-corrected chi connectivity index (χ4v) is 1.87. The maximum Gasteiger partial charge on any atom is 0.311 e. The molecule has 98 valence electrons. The van der Waals surface area contributed by atoms with E-state index < -0.39 is 17.5 Å². The minimum atomic E-state index is -1.33. The lowest BCUT2D eigenvalue weighted by molar-refractivity contribution is -0.154. The molecule has 0 aromatic heterocycles. The van der Waals surface area contributed by atoms with Gasteiger partial charge in [-0.15, -0.1) is 0 Å². The van der Waals surface area contributed by atoms with Crippen molar-refractivity contribution in [3.05, 3.63) is 23.8 Å². The molecule has 1 heterocycles. The molecule has 2 unspecified atom stereocenters. The topological polar surface area (TPSA) is 65.0 Å². The van der Waals surface area contributed by atoms with Gasteiger partial charge in [-0.3, -0.25) is 4.79 Å². The van der Waals surface area contributed by atoms with E-state index in [9.17, 15) is 9.90 Å². The lowest BCUT2D eigenvalue weighted by Gasteiger charge is -2.29. The van der Waals surface area contributed by atoms with Crippen LogP contribution in [0.1, 0.15) is 19.4 Å². The van der Waals surface area contributed by atoms with Gasteiger partial charge < -0.3 is 19.3 Å². The quantitative estimate of drug-likeness (QED) is 0.824. The largest absolute Gasteiger partial charge is 0.469 e. The number of rotatable bonds is 3. The predicted octanol–water partition coefficient (Wildman–Crippen LogP) is 1.43. The molecule has 1 aromatic rings. The first-order valence-corrected chi connectivity index (χ1v) is 5.67. The second-order valence-corrected chi connectivity index (χ2v) is 4.46. The van der Waals surface area contributed by atoms with Crippen LogP contribution in [0.2, 0.25) is 0 Å². The molecular formula is C13H16O5. The summed E-state index contributed by atoms with van der Waals surface area (Å²) < 4.78 is 15.1. The molecule has 0 saturated heterocycles. The van der Waals surface area contributed by atoms with Gasteiger partial charge in [0.15, 0.2) is 11.5 Å². The first kappa shape index (κ1) is 12.7. The highest BCUT2D eigenvalue weighted by Crippen LogP contribution is 2.38. The van der Waals surface area contributed by atoms with Crippen LogP contribution in [0.25, 0.3) is 0 Å². The number of esters is 1. The van der Waals surface area contributed by atoms with Gasteiger partial charge in [0.25, 0.3) is 0 Å². The lowest BCUT2D eigenvalue weighted by Crippen LogP contribution is -2.35. The summed E-state index contributed by atoms with van der Waals surface area (Å²) in [5.74, 6) is 0.0747. The second-order valence-electron chi connectivity index (χ2n) is 4.46. The van der Waals surface area contributed by atoms with Crippen molar-refractivity contribution in [3.63, 3.8) is 0 Å². The number of aliphatic hydroxyl groups is 1. The number of methoxy groups -OCH3 is 1. The normalized spacial score (nSPS) is 18.0. The third-order valence-electron chi connectivity index (χ3n) is 3.35. The number of hydrogen-bond acceptors (Lipinski definition) is 5. The Labute approximate surface area is 105 Å². The number of benzene rings is 1. The molecule has 0 spiro atoms. The highest BCUT2D eigenvalue weighted by atomic mass is 16.7. The molecule has 0 bridgehead atoms. The summed E-state index contributed by atoms with van der Waals surface area (Å²) in [5, 5.41) is 10.5. The van der Waals surface area contributed by atoms with Gasteiger partial charge in [0.1, 0.15) is 0 Å². The highest BCUT2D eigenvalue weighted by Gasteiger charge is 2.37. The predicted molar refractivity (Wildman–Crippen MR) is 63.3 cm³/mol. The molecule has 1 N–H and O–H groups in total. The Hall–Kier alpha value is -1.75. The van der Waals surface area contributed by atoms with E-state index in [1.54, 1.807) is 32.0 Å². The third-order valence-corrected chi connectivity index (χ3v) is 3.35. The first-order valence-electron chi connectivity index (χ1n) is 5.67. The van der Waals surface area contributed by atoms with Crippen LogP contribution in [-0.2, 0) is 15.1 Å². The Balaban J connectivity index is 2.32. The summed E-state index contributed by atoms with van der Waals surface area (Å²) in [6.07, 6.45) is 0. The van der Waals surface area contributed by atoms with Crippen molar-refractivity contribution in [1.82, 2.24) is 0 Å². The minimum Gasteiger partial charge on any atom is -0.469 e. The van der Waals surface area contributed by atoms with E-state index in [2.05, 4.69) is 4.74 Å². The fourth-order valence-electron chi connectivity index (χ4n) is 1.87. The van der Waals surface area contributed by atoms with Crippen LogP contribution in [0.15, 0.2) is 18.2 Å². The van der Waals surface area contributed by atoms with Gasteiger partial charge in [-0.2, -0.15) is 0 Å². The van der Waals surface area contributed by atoms with E-state index in [0.29, 0.717) is 17.1 Å². The van der Waals surface area contributed by atoms with E-state index in [4.69, 9.17) is 9.47 Å². The Morgan fingerprint density at radius 1 is 1.44 bits per heavy atom. The monoisotopic (exact) mass is 252 g/mol. The molecule has 1 aliphatic rings. The number of ether oxygens (including phenoxy) is 3. The summed E-state index contributed by atoms with van der Waals surface area (Å²) in [7, 11) is 1.30. The summed E-state index contributed by atoms with van der Waals surface area (Å²) in [5.41, 5.74) is -0.738. The highest BCUT2D eigenvalue weighted by molar-refractivity contribution is 5.73. The second kappa shape index (κ2) is 4.49. The van der Waals surface area contributed by atoms with Crippen molar-refractivity contribution in [2.75, 3.05) is 13.9 Å². The minimum absolute atomic E-state index is 0.174. The molecule has 5 heteroatoms. The van der Waals surface area contributed by atoms with Crippen LogP contribution < -0.4 is 9.47 Å². The van der Waals surface area contributed by atoms with Crippen LogP contribution in [0.3, 0.4) is 0 Å². The lowest BCUT2D eigenvalue weighted by atomic mass is 9.84. The molecule has 1 aromatic carbocycles. The molecule has 0 radical (unpaired) electrons. The average molecular weight is 252 g/mol. The average Bonchev–Trinajstić information content (AvgIpc) is 2.83. The smallest absolute Gasteiger partial charge is 0.311 e. The summed E-state index contributed by atoms with van der Waals surface area (Å²) in [4.78, 5) is 11.5. The van der Waals surface area contributed by atoms with E-state index in [0.717, 1.165) is 0 Å². The van der Waals surface area contributed by atoms with Crippen LogP contribution >= 0.6 is 0 Å². The summed E-state index contributed by atoms with van der Waals surface area (Å²) in [6, 6.07) is 5.12. The van der Waals surface area contributed by atoms with Gasteiger partial charge in [-0.25, -0.2) is 0 Å². The zero-order valence-corrected chi connectivity index (χ0v) is 10.6. The molecule has 0 aliphatic carbocycles. The van der Waals surface area contributed by atoms with E-state index in [1.807, 2.05) is 0 Å². The number of carbonyl (C=O) groups excluding carboxylic acids is 1. The van der Waals surface area contributed by atoms with Crippen LogP contribution in [0, 0.1) is 5.92 Å². The van der Waals surface area contributed by atoms with Crippen molar-refractivity contribution in [2.45, 2.75) is 19.4 Å². The van der Waals surface area contributed by atoms with Crippen LogP contribution in [0.5, 0.6) is 11.5 Å². The van der Waals surface area contributed by atoms with Crippen molar-refractivity contribution < 1.29 is 24.1 Å². The van der Waals surface area contributed by atoms with E-state index in [1.165, 1.54) is 7.11 Å². The van der Waals surface area contributed by atoms with Gasteiger partial charge in [-0.05, 0) is 31.5 Å². The maximum absolute atomic E-state index is 11.5. The number of carbonyl (C=O) groups is 1. The molecule has 2 rings (SSSR count). The van der Waals surface area contributed by atoms with Gasteiger partial charge in [0, 0.05) is 0 Å². The maximum atomic E-state index is 11.5. The SMILES string of the molecule is COC(=O)C(C)C(C)(O)c1ccc2c(c1)OCO2. The Bertz CT molecular complexity index is 466. The molecule has 0 fully saturated rings. The standard InChI is InChI=1S/C13H16O5/c1-8(12(14)16-3)13(2,15)9-4-5-10-11(6-9)18-7-17-10/h4-6,8,15H,7H2,1-3H3. The van der Waals surface area contributed by atoms with Crippen molar-refractivity contribution in [1.29, 1.82) is 0 Å².